The van der Waals surface area contributed by atoms with Crippen LogP contribution in [0.4, 0.5) is 0 Å². The maximum atomic E-state index is 11.0. The number of hydrogen-bond donors (Lipinski definition) is 0. The summed E-state index contributed by atoms with van der Waals surface area (Å²) < 4.78 is 21.9. The monoisotopic (exact) mass is 240 g/mol. The molecule has 0 saturated carbocycles. The van der Waals surface area contributed by atoms with Crippen molar-refractivity contribution >= 4 is 13.8 Å². The molecule has 12 heavy (non-hydrogen) atoms. The van der Waals surface area contributed by atoms with Crippen LogP contribution in [0.3, 0.4) is 0 Å². The molecule has 0 bridgehead atoms. The Kier molecular flexibility index (Phi) is 3.65. The minimum atomic E-state index is -3.09. The molecule has 0 N–H and O–H groups in total. The summed E-state index contributed by atoms with van der Waals surface area (Å²) in [6.07, 6.45) is 0. The van der Waals surface area contributed by atoms with Crippen LogP contribution in [0.5, 0.6) is 0 Å². The van der Waals surface area contributed by atoms with Crippen molar-refractivity contribution in [3.8, 4) is 0 Å². The van der Waals surface area contributed by atoms with Gasteiger partial charge in [-0.25, -0.2) is 0 Å². The maximum absolute atomic E-state index is 11.0. The summed E-state index contributed by atoms with van der Waals surface area (Å²) >= 11 is -3.09. The Morgan fingerprint density at radius 1 is 1.17 bits per heavy atom. The Morgan fingerprint density at radius 3 is 1.83 bits per heavy atom. The van der Waals surface area contributed by atoms with Crippen molar-refractivity contribution in [3.63, 3.8) is 0 Å². The van der Waals surface area contributed by atoms with Gasteiger partial charge in [0.05, 0.1) is 0 Å². The van der Waals surface area contributed by atoms with E-state index in [1.807, 2.05) is 23.6 Å². The van der Waals surface area contributed by atoms with E-state index in [4.69, 9.17) is 0 Å². The zero-order valence-corrected chi connectivity index (χ0v) is 9.44. The Bertz CT molecular complexity index is 197. The SMILES string of the molecule is CCN1CCN(CC)C1[SeH](=O)=O. The Labute approximate surface area is 76.8 Å². The van der Waals surface area contributed by atoms with Crippen LogP contribution < -0.4 is 0 Å². The van der Waals surface area contributed by atoms with Crippen molar-refractivity contribution in [2.45, 2.75) is 18.9 Å². The Morgan fingerprint density at radius 2 is 1.58 bits per heavy atom. The second-order valence-corrected chi connectivity index (χ2v) is 5.06. The number of hydrogen-bond acceptors (Lipinski definition) is 4. The minimum absolute atomic E-state index is 0.271. The molecule has 1 saturated heterocycles. The zero-order valence-electron chi connectivity index (χ0n) is 7.56. The molecule has 5 heteroatoms. The molecule has 0 radical (unpaired) electrons. The van der Waals surface area contributed by atoms with Crippen LogP contribution >= 0.6 is 0 Å². The molecule has 0 spiro atoms. The van der Waals surface area contributed by atoms with E-state index in [2.05, 4.69) is 0 Å². The molecule has 0 aromatic carbocycles. The van der Waals surface area contributed by atoms with Gasteiger partial charge in [0, 0.05) is 0 Å². The summed E-state index contributed by atoms with van der Waals surface area (Å²) in [5, 5.41) is -0.271. The Hall–Kier alpha value is 0.0395. The van der Waals surface area contributed by atoms with Crippen LogP contribution in [-0.2, 0) is 7.67 Å². The van der Waals surface area contributed by atoms with Crippen molar-refractivity contribution in [3.05, 3.63) is 0 Å². The van der Waals surface area contributed by atoms with Crippen molar-refractivity contribution < 1.29 is 7.67 Å². The molecule has 0 aromatic rings. The van der Waals surface area contributed by atoms with Gasteiger partial charge in [-0.3, -0.25) is 0 Å². The normalized spacial score (nSPS) is 22.6. The van der Waals surface area contributed by atoms with E-state index < -0.39 is 13.8 Å². The topological polar surface area (TPSA) is 40.6 Å². The van der Waals surface area contributed by atoms with Gasteiger partial charge in [0.1, 0.15) is 0 Å². The molecule has 0 unspecified atom stereocenters. The molecule has 1 fully saturated rings. The van der Waals surface area contributed by atoms with E-state index in [0.717, 1.165) is 26.2 Å². The Balaban J connectivity index is 2.72. The molecule has 0 aliphatic carbocycles. The fraction of sp³-hybridized carbons (Fsp3) is 1.00. The van der Waals surface area contributed by atoms with Crippen molar-refractivity contribution in [1.29, 1.82) is 0 Å². The second kappa shape index (κ2) is 4.33. The fourth-order valence-electron chi connectivity index (χ4n) is 1.63. The molecule has 0 aromatic heterocycles. The average Bonchev–Trinajstić information content (AvgIpc) is 2.46. The molecule has 1 aliphatic heterocycles. The zero-order chi connectivity index (χ0) is 9.14. The van der Waals surface area contributed by atoms with Gasteiger partial charge in [-0.05, 0) is 0 Å². The van der Waals surface area contributed by atoms with E-state index in [1.165, 1.54) is 0 Å². The number of likely N-dealkylation sites (N-methyl/N-ethyl adjacent to an activating group) is 2. The number of nitrogens with zero attached hydrogens (tertiary/aromatic N) is 2. The van der Waals surface area contributed by atoms with E-state index in [9.17, 15) is 7.67 Å². The van der Waals surface area contributed by atoms with Crippen molar-refractivity contribution in [2.75, 3.05) is 26.2 Å². The predicted octanol–water partition coefficient (Wildman–Crippen LogP) is -0.409. The summed E-state index contributed by atoms with van der Waals surface area (Å²) in [6, 6.07) is 0. The summed E-state index contributed by atoms with van der Waals surface area (Å²) in [5.74, 6) is 0. The fourth-order valence-corrected chi connectivity index (χ4v) is 3.92. The molecule has 4 nitrogen and oxygen atoms in total. The molecular formula is C7H16N2O2Se. The molecule has 0 atom stereocenters. The van der Waals surface area contributed by atoms with Crippen molar-refractivity contribution in [2.24, 2.45) is 0 Å². The van der Waals surface area contributed by atoms with Gasteiger partial charge in [0.15, 0.2) is 0 Å². The molecular weight excluding hydrogens is 223 g/mol. The van der Waals surface area contributed by atoms with Crippen LogP contribution in [0.1, 0.15) is 13.8 Å². The quantitative estimate of drug-likeness (QED) is 0.628. The number of rotatable bonds is 3. The van der Waals surface area contributed by atoms with Gasteiger partial charge >= 0.3 is 76.3 Å². The third-order valence-electron chi connectivity index (χ3n) is 2.33. The first-order valence-corrected chi connectivity index (χ1v) is 6.93. The van der Waals surface area contributed by atoms with Gasteiger partial charge in [0.2, 0.25) is 0 Å². The van der Waals surface area contributed by atoms with Gasteiger partial charge < -0.3 is 0 Å². The third kappa shape index (κ3) is 1.85. The van der Waals surface area contributed by atoms with E-state index in [-0.39, 0.29) is 5.06 Å². The summed E-state index contributed by atoms with van der Waals surface area (Å²) in [6.45, 7) is 7.46. The van der Waals surface area contributed by atoms with Crippen LogP contribution in [-0.4, -0.2) is 54.8 Å². The molecule has 1 heterocycles. The van der Waals surface area contributed by atoms with Crippen LogP contribution in [0.15, 0.2) is 0 Å². The first-order chi connectivity index (χ1) is 5.70. The van der Waals surface area contributed by atoms with E-state index in [1.54, 1.807) is 0 Å². The van der Waals surface area contributed by atoms with Gasteiger partial charge in [-0.1, -0.05) is 0 Å². The molecule has 1 rings (SSSR count). The summed E-state index contributed by atoms with van der Waals surface area (Å²) in [7, 11) is 0. The first-order valence-electron chi connectivity index (χ1n) is 4.32. The predicted molar refractivity (Wildman–Crippen MR) is 46.8 cm³/mol. The standard InChI is InChI=1S/C7H16N2O2Se/c1-3-8-5-6-9(4-2)7(8)12(10)11/h7,12H,3-6H2,1-2H3. The van der Waals surface area contributed by atoms with Crippen LogP contribution in [0.25, 0.3) is 0 Å². The van der Waals surface area contributed by atoms with E-state index >= 15 is 0 Å². The summed E-state index contributed by atoms with van der Waals surface area (Å²) in [5.41, 5.74) is 0. The van der Waals surface area contributed by atoms with Gasteiger partial charge in [-0.15, -0.1) is 0 Å². The van der Waals surface area contributed by atoms with Gasteiger partial charge in [0.25, 0.3) is 0 Å². The van der Waals surface area contributed by atoms with Crippen LogP contribution in [0, 0.1) is 0 Å². The van der Waals surface area contributed by atoms with Crippen molar-refractivity contribution in [1.82, 2.24) is 9.80 Å². The van der Waals surface area contributed by atoms with Gasteiger partial charge in [-0.2, -0.15) is 0 Å². The summed E-state index contributed by atoms with van der Waals surface area (Å²) in [4.78, 5) is 4.03. The van der Waals surface area contributed by atoms with E-state index in [0.29, 0.717) is 0 Å². The second-order valence-electron chi connectivity index (χ2n) is 2.89. The average molecular weight is 239 g/mol. The molecule has 72 valence electrons. The first kappa shape index (κ1) is 10.1. The van der Waals surface area contributed by atoms with Crippen LogP contribution in [0.2, 0.25) is 0 Å². The third-order valence-corrected chi connectivity index (χ3v) is 4.49. The molecule has 1 aliphatic rings. The molecule has 0 amide bonds.